The van der Waals surface area contributed by atoms with E-state index in [9.17, 15) is 9.59 Å². The number of carbonyl (C=O) groups excluding carboxylic acids is 2. The van der Waals surface area contributed by atoms with E-state index >= 15 is 0 Å². The largest absolute Gasteiger partial charge is 0.466 e. The lowest BCUT2D eigenvalue weighted by molar-refractivity contribution is -0.134. The Kier molecular flexibility index (Phi) is 4.47. The number of hydrogen-bond acceptors (Lipinski definition) is 3. The summed E-state index contributed by atoms with van der Waals surface area (Å²) in [5, 5.41) is 0. The van der Waals surface area contributed by atoms with Crippen LogP contribution in [0, 0.1) is 0 Å². The van der Waals surface area contributed by atoms with Gasteiger partial charge in [-0.1, -0.05) is 12.2 Å². The Hall–Kier alpha value is -1.58. The molecular formula is C7H9NO3. The van der Waals surface area contributed by atoms with Crippen molar-refractivity contribution in [1.29, 1.82) is 0 Å². The number of carbonyl (C=O) groups is 2. The first-order valence-corrected chi connectivity index (χ1v) is 2.89. The van der Waals surface area contributed by atoms with Crippen molar-refractivity contribution in [3.8, 4) is 0 Å². The van der Waals surface area contributed by atoms with Crippen LogP contribution < -0.4 is 5.73 Å². The number of primary amides is 1. The van der Waals surface area contributed by atoms with Crippen molar-refractivity contribution < 1.29 is 14.3 Å². The van der Waals surface area contributed by atoms with Crippen molar-refractivity contribution >= 4 is 11.9 Å². The number of esters is 1. The molecule has 0 radical (unpaired) electrons. The average molecular weight is 155 g/mol. The number of rotatable bonds is 3. The first-order chi connectivity index (χ1) is 5.16. The Morgan fingerprint density at radius 3 is 2.27 bits per heavy atom. The van der Waals surface area contributed by atoms with Crippen LogP contribution in [-0.4, -0.2) is 19.0 Å². The number of ether oxygens (including phenoxy) is 1. The van der Waals surface area contributed by atoms with Gasteiger partial charge in [-0.2, -0.15) is 0 Å². The van der Waals surface area contributed by atoms with Gasteiger partial charge < -0.3 is 10.5 Å². The third-order valence-corrected chi connectivity index (χ3v) is 0.805. The molecular weight excluding hydrogens is 146 g/mol. The fourth-order valence-electron chi connectivity index (χ4n) is 0.353. The molecule has 0 atom stereocenters. The first-order valence-electron chi connectivity index (χ1n) is 2.89. The summed E-state index contributed by atoms with van der Waals surface area (Å²) in [6.07, 6.45) is 5.05. The molecule has 0 aliphatic heterocycles. The predicted molar refractivity (Wildman–Crippen MR) is 39.5 cm³/mol. The van der Waals surface area contributed by atoms with Gasteiger partial charge in [0.1, 0.15) is 0 Å². The molecule has 0 saturated carbocycles. The van der Waals surface area contributed by atoms with Gasteiger partial charge in [0, 0.05) is 12.2 Å². The van der Waals surface area contributed by atoms with E-state index < -0.39 is 11.9 Å². The topological polar surface area (TPSA) is 69.4 Å². The monoisotopic (exact) mass is 155 g/mol. The molecule has 0 unspecified atom stereocenters. The second-order valence-electron chi connectivity index (χ2n) is 1.64. The quantitative estimate of drug-likeness (QED) is 0.347. The molecule has 0 rings (SSSR count). The Morgan fingerprint density at radius 2 is 1.82 bits per heavy atom. The summed E-state index contributed by atoms with van der Waals surface area (Å²) in [6, 6.07) is 0. The third-order valence-electron chi connectivity index (χ3n) is 0.805. The zero-order valence-electron chi connectivity index (χ0n) is 6.11. The summed E-state index contributed by atoms with van der Waals surface area (Å²) in [7, 11) is 1.27. The minimum Gasteiger partial charge on any atom is -0.466 e. The minimum absolute atomic E-state index is 0.473. The average Bonchev–Trinajstić information content (AvgIpc) is 1.97. The summed E-state index contributed by atoms with van der Waals surface area (Å²) in [5.74, 6) is -1.03. The van der Waals surface area contributed by atoms with E-state index in [0.29, 0.717) is 0 Å². The molecule has 1 amide bonds. The standard InChI is InChI=1S/C7H9NO3/c1-11-7(10)5-3-2-4-6(8)9/h2-5H,1H3,(H2,8,9)/b4-2+,5-3-. The molecule has 60 valence electrons. The van der Waals surface area contributed by atoms with Crippen LogP contribution in [0.2, 0.25) is 0 Å². The molecule has 0 aliphatic carbocycles. The molecule has 0 spiro atoms. The number of allylic oxidation sites excluding steroid dienone is 2. The van der Waals surface area contributed by atoms with Gasteiger partial charge in [0.25, 0.3) is 0 Å². The van der Waals surface area contributed by atoms with Crippen molar-refractivity contribution in [3.05, 3.63) is 24.3 Å². The number of methoxy groups -OCH3 is 1. The molecule has 4 nitrogen and oxygen atoms in total. The molecule has 0 aromatic heterocycles. The van der Waals surface area contributed by atoms with Gasteiger partial charge in [-0.3, -0.25) is 4.79 Å². The highest BCUT2D eigenvalue weighted by Gasteiger charge is 1.86. The molecule has 11 heavy (non-hydrogen) atoms. The van der Waals surface area contributed by atoms with Crippen molar-refractivity contribution in [3.63, 3.8) is 0 Å². The van der Waals surface area contributed by atoms with E-state index in [-0.39, 0.29) is 0 Å². The van der Waals surface area contributed by atoms with Crippen molar-refractivity contribution in [2.45, 2.75) is 0 Å². The Morgan fingerprint density at radius 1 is 1.27 bits per heavy atom. The maximum Gasteiger partial charge on any atom is 0.330 e. The summed E-state index contributed by atoms with van der Waals surface area (Å²) in [6.45, 7) is 0. The van der Waals surface area contributed by atoms with E-state index in [1.807, 2.05) is 0 Å². The molecule has 0 aromatic rings. The molecule has 0 fully saturated rings. The Labute approximate surface area is 64.3 Å². The van der Waals surface area contributed by atoms with E-state index in [1.54, 1.807) is 0 Å². The van der Waals surface area contributed by atoms with Crippen LogP contribution in [0.1, 0.15) is 0 Å². The molecule has 2 N–H and O–H groups in total. The minimum atomic E-state index is -0.556. The molecule has 0 aromatic carbocycles. The van der Waals surface area contributed by atoms with Gasteiger partial charge in [-0.25, -0.2) is 4.79 Å². The lowest BCUT2D eigenvalue weighted by atomic mass is 10.4. The van der Waals surface area contributed by atoms with Crippen LogP contribution in [0.4, 0.5) is 0 Å². The van der Waals surface area contributed by atoms with Gasteiger partial charge in [0.2, 0.25) is 5.91 Å². The molecule has 0 aliphatic rings. The fourth-order valence-corrected chi connectivity index (χ4v) is 0.353. The fraction of sp³-hybridized carbons (Fsp3) is 0.143. The second-order valence-corrected chi connectivity index (χ2v) is 1.64. The highest BCUT2D eigenvalue weighted by Crippen LogP contribution is 1.79. The van der Waals surface area contributed by atoms with E-state index in [4.69, 9.17) is 5.73 Å². The summed E-state index contributed by atoms with van der Waals surface area (Å²) in [5.41, 5.74) is 4.77. The van der Waals surface area contributed by atoms with Gasteiger partial charge in [-0.05, 0) is 0 Å². The van der Waals surface area contributed by atoms with Gasteiger partial charge in [0.15, 0.2) is 0 Å². The second kappa shape index (κ2) is 5.22. The van der Waals surface area contributed by atoms with E-state index in [1.165, 1.54) is 25.3 Å². The Bertz CT molecular complexity index is 206. The van der Waals surface area contributed by atoms with Crippen LogP contribution in [0.5, 0.6) is 0 Å². The van der Waals surface area contributed by atoms with Crippen LogP contribution in [0.3, 0.4) is 0 Å². The lowest BCUT2D eigenvalue weighted by Gasteiger charge is -1.85. The van der Waals surface area contributed by atoms with E-state index in [0.717, 1.165) is 6.08 Å². The van der Waals surface area contributed by atoms with Crippen LogP contribution in [0.15, 0.2) is 24.3 Å². The first kappa shape index (κ1) is 9.42. The van der Waals surface area contributed by atoms with Crippen molar-refractivity contribution in [1.82, 2.24) is 0 Å². The SMILES string of the molecule is COC(=O)/C=C\C=C\C(N)=O. The summed E-state index contributed by atoms with van der Waals surface area (Å²) >= 11 is 0. The number of hydrogen-bond donors (Lipinski definition) is 1. The number of nitrogens with two attached hydrogens (primary N) is 1. The summed E-state index contributed by atoms with van der Waals surface area (Å²) in [4.78, 5) is 20.5. The zero-order valence-corrected chi connectivity index (χ0v) is 6.11. The molecule has 0 saturated heterocycles. The molecule has 0 heterocycles. The van der Waals surface area contributed by atoms with Crippen LogP contribution in [0.25, 0.3) is 0 Å². The van der Waals surface area contributed by atoms with E-state index in [2.05, 4.69) is 4.74 Å². The molecule has 0 bridgehead atoms. The van der Waals surface area contributed by atoms with Gasteiger partial charge in [-0.15, -0.1) is 0 Å². The highest BCUT2D eigenvalue weighted by molar-refractivity contribution is 5.86. The predicted octanol–water partition coefficient (Wildman–Crippen LogP) is -0.243. The molecule has 4 heteroatoms. The highest BCUT2D eigenvalue weighted by atomic mass is 16.5. The van der Waals surface area contributed by atoms with Crippen molar-refractivity contribution in [2.75, 3.05) is 7.11 Å². The maximum absolute atomic E-state index is 10.4. The summed E-state index contributed by atoms with van der Waals surface area (Å²) < 4.78 is 4.28. The van der Waals surface area contributed by atoms with Crippen molar-refractivity contribution in [2.24, 2.45) is 5.73 Å². The smallest absolute Gasteiger partial charge is 0.330 e. The van der Waals surface area contributed by atoms with Crippen LogP contribution >= 0.6 is 0 Å². The van der Waals surface area contributed by atoms with Gasteiger partial charge in [0.05, 0.1) is 7.11 Å². The third kappa shape index (κ3) is 6.30. The number of amides is 1. The Balaban J connectivity index is 3.77. The van der Waals surface area contributed by atoms with Gasteiger partial charge >= 0.3 is 5.97 Å². The maximum atomic E-state index is 10.4. The lowest BCUT2D eigenvalue weighted by Crippen LogP contribution is -2.04. The zero-order chi connectivity index (χ0) is 8.69. The normalized spacial score (nSPS) is 10.6. The van der Waals surface area contributed by atoms with Crippen LogP contribution in [-0.2, 0) is 14.3 Å².